The Balaban J connectivity index is 1.74. The normalized spacial score (nSPS) is 26.2. The molecule has 2 aliphatic rings. The Labute approximate surface area is 128 Å². The summed E-state index contributed by atoms with van der Waals surface area (Å²) in [5.74, 6) is -0.179. The second-order valence-electron chi connectivity index (χ2n) is 6.36. The molecule has 3 rings (SSSR count). The molecule has 20 heavy (non-hydrogen) atoms. The predicted octanol–water partition coefficient (Wildman–Crippen LogP) is 3.69. The van der Waals surface area contributed by atoms with Crippen molar-refractivity contribution in [3.63, 3.8) is 0 Å². The zero-order valence-electron chi connectivity index (χ0n) is 12.0. The van der Waals surface area contributed by atoms with Crippen LogP contribution in [0.25, 0.3) is 0 Å². The van der Waals surface area contributed by atoms with Crippen molar-refractivity contribution < 1.29 is 4.39 Å². The van der Waals surface area contributed by atoms with Gasteiger partial charge in [0, 0.05) is 35.7 Å². The first-order valence-electron chi connectivity index (χ1n) is 7.51. The summed E-state index contributed by atoms with van der Waals surface area (Å²) in [6.45, 7) is 5.33. The second-order valence-corrected chi connectivity index (χ2v) is 7.21. The van der Waals surface area contributed by atoms with Gasteiger partial charge in [0.1, 0.15) is 5.82 Å². The van der Waals surface area contributed by atoms with E-state index in [0.29, 0.717) is 11.6 Å². The van der Waals surface area contributed by atoms with Crippen LogP contribution in [0.3, 0.4) is 0 Å². The first-order chi connectivity index (χ1) is 9.58. The van der Waals surface area contributed by atoms with Crippen LogP contribution in [0.5, 0.6) is 0 Å². The number of hydrogen-bond donors (Lipinski definition) is 1. The molecule has 0 bridgehead atoms. The third-order valence-corrected chi connectivity index (χ3v) is 5.59. The molecule has 1 atom stereocenters. The van der Waals surface area contributed by atoms with Gasteiger partial charge in [0.05, 0.1) is 0 Å². The fraction of sp³-hybridized carbons (Fsp3) is 0.625. The number of hydrogen-bond acceptors (Lipinski definition) is 2. The van der Waals surface area contributed by atoms with E-state index in [1.807, 2.05) is 6.07 Å². The van der Waals surface area contributed by atoms with Crippen LogP contribution in [-0.2, 0) is 6.54 Å². The van der Waals surface area contributed by atoms with Crippen LogP contribution >= 0.6 is 15.9 Å². The number of halogens is 2. The smallest absolute Gasteiger partial charge is 0.124 e. The molecule has 1 aliphatic heterocycles. The molecule has 110 valence electrons. The van der Waals surface area contributed by atoms with E-state index in [4.69, 9.17) is 0 Å². The van der Waals surface area contributed by atoms with Crippen LogP contribution in [0.15, 0.2) is 22.7 Å². The van der Waals surface area contributed by atoms with Gasteiger partial charge in [0.2, 0.25) is 0 Å². The Morgan fingerprint density at radius 3 is 2.85 bits per heavy atom. The molecule has 1 N–H and O–H groups in total. The molecule has 1 saturated heterocycles. The highest BCUT2D eigenvalue weighted by Crippen LogP contribution is 2.34. The number of benzene rings is 1. The van der Waals surface area contributed by atoms with Gasteiger partial charge < -0.3 is 5.32 Å². The lowest BCUT2D eigenvalue weighted by atomic mass is 9.92. The summed E-state index contributed by atoms with van der Waals surface area (Å²) in [4.78, 5) is 2.54. The summed E-state index contributed by atoms with van der Waals surface area (Å²) in [7, 11) is 0. The number of rotatable bonds is 2. The van der Waals surface area contributed by atoms with Crippen molar-refractivity contribution in [1.29, 1.82) is 0 Å². The molecule has 2 nitrogen and oxygen atoms in total. The summed E-state index contributed by atoms with van der Waals surface area (Å²) in [6.07, 6.45) is 5.27. The molecule has 0 amide bonds. The van der Waals surface area contributed by atoms with Crippen LogP contribution in [0.2, 0.25) is 0 Å². The van der Waals surface area contributed by atoms with Crippen molar-refractivity contribution in [3.05, 3.63) is 34.1 Å². The topological polar surface area (TPSA) is 15.3 Å². The fourth-order valence-electron chi connectivity index (χ4n) is 3.56. The zero-order chi connectivity index (χ0) is 14.2. The third kappa shape index (κ3) is 2.92. The SMILES string of the molecule is CC1CNC2(CCCC2)CN1Cc1ccc(F)cc1Br. The minimum Gasteiger partial charge on any atom is -0.308 e. The van der Waals surface area contributed by atoms with E-state index >= 15 is 0 Å². The monoisotopic (exact) mass is 340 g/mol. The quantitative estimate of drug-likeness (QED) is 0.883. The summed E-state index contributed by atoms with van der Waals surface area (Å²) >= 11 is 3.49. The molecule has 1 heterocycles. The van der Waals surface area contributed by atoms with Crippen molar-refractivity contribution in [3.8, 4) is 0 Å². The molecule has 1 saturated carbocycles. The lowest BCUT2D eigenvalue weighted by Gasteiger charge is -2.45. The minimum absolute atomic E-state index is 0.179. The maximum atomic E-state index is 13.2. The molecule has 1 aromatic rings. The molecule has 1 aliphatic carbocycles. The van der Waals surface area contributed by atoms with Crippen LogP contribution in [0.4, 0.5) is 4.39 Å². The predicted molar refractivity (Wildman–Crippen MR) is 83.2 cm³/mol. The van der Waals surface area contributed by atoms with Crippen LogP contribution in [0, 0.1) is 5.82 Å². The first-order valence-corrected chi connectivity index (χ1v) is 8.30. The van der Waals surface area contributed by atoms with Gasteiger partial charge in [-0.1, -0.05) is 34.8 Å². The Kier molecular flexibility index (Phi) is 4.16. The van der Waals surface area contributed by atoms with E-state index in [0.717, 1.165) is 24.1 Å². The van der Waals surface area contributed by atoms with E-state index in [1.165, 1.54) is 31.2 Å². The molecule has 1 unspecified atom stereocenters. The summed E-state index contributed by atoms with van der Waals surface area (Å²) in [5, 5.41) is 3.77. The van der Waals surface area contributed by atoms with Gasteiger partial charge in [-0.25, -0.2) is 4.39 Å². The van der Waals surface area contributed by atoms with Gasteiger partial charge in [-0.15, -0.1) is 0 Å². The van der Waals surface area contributed by atoms with Crippen molar-refractivity contribution in [2.24, 2.45) is 0 Å². The van der Waals surface area contributed by atoms with Gasteiger partial charge >= 0.3 is 0 Å². The average Bonchev–Trinajstić information content (AvgIpc) is 2.86. The van der Waals surface area contributed by atoms with Crippen molar-refractivity contribution in [2.75, 3.05) is 13.1 Å². The van der Waals surface area contributed by atoms with E-state index in [2.05, 4.69) is 33.1 Å². The highest BCUT2D eigenvalue weighted by Gasteiger charge is 2.39. The lowest BCUT2D eigenvalue weighted by Crippen LogP contribution is -2.62. The Morgan fingerprint density at radius 2 is 2.15 bits per heavy atom. The van der Waals surface area contributed by atoms with Crippen molar-refractivity contribution >= 4 is 15.9 Å². The summed E-state index contributed by atoms with van der Waals surface area (Å²) in [6, 6.07) is 5.54. The average molecular weight is 341 g/mol. The molecule has 1 aromatic carbocycles. The Hall–Kier alpha value is -0.450. The van der Waals surface area contributed by atoms with E-state index in [-0.39, 0.29) is 5.82 Å². The Bertz CT molecular complexity index is 485. The molecular weight excluding hydrogens is 319 g/mol. The minimum atomic E-state index is -0.179. The zero-order valence-corrected chi connectivity index (χ0v) is 13.5. The van der Waals surface area contributed by atoms with Crippen molar-refractivity contribution in [1.82, 2.24) is 10.2 Å². The van der Waals surface area contributed by atoms with E-state index < -0.39 is 0 Å². The van der Waals surface area contributed by atoms with Crippen LogP contribution in [0.1, 0.15) is 38.2 Å². The standard InChI is InChI=1S/C16H22BrFN2/c1-12-9-19-16(6-2-3-7-16)11-20(12)10-13-4-5-14(18)8-15(13)17/h4-5,8,12,19H,2-3,6-7,9-11H2,1H3. The van der Waals surface area contributed by atoms with E-state index in [1.54, 1.807) is 12.1 Å². The number of piperazine rings is 1. The maximum Gasteiger partial charge on any atom is 0.124 e. The summed E-state index contributed by atoms with van der Waals surface area (Å²) in [5.41, 5.74) is 1.51. The van der Waals surface area contributed by atoms with Gasteiger partial charge in [0.15, 0.2) is 0 Å². The molecule has 1 spiro atoms. The highest BCUT2D eigenvalue weighted by atomic mass is 79.9. The van der Waals surface area contributed by atoms with Gasteiger partial charge in [0.25, 0.3) is 0 Å². The lowest BCUT2D eigenvalue weighted by molar-refractivity contribution is 0.0825. The van der Waals surface area contributed by atoms with Crippen molar-refractivity contribution in [2.45, 2.75) is 50.7 Å². The number of nitrogens with zero attached hydrogens (tertiary/aromatic N) is 1. The van der Waals surface area contributed by atoms with Gasteiger partial charge in [-0.3, -0.25) is 4.90 Å². The second kappa shape index (κ2) is 5.74. The molecule has 2 fully saturated rings. The Morgan fingerprint density at radius 1 is 1.40 bits per heavy atom. The third-order valence-electron chi connectivity index (χ3n) is 4.85. The molecular formula is C16H22BrFN2. The largest absolute Gasteiger partial charge is 0.308 e. The fourth-order valence-corrected chi connectivity index (χ4v) is 4.04. The maximum absolute atomic E-state index is 13.2. The molecule has 0 aromatic heterocycles. The van der Waals surface area contributed by atoms with Gasteiger partial charge in [-0.2, -0.15) is 0 Å². The highest BCUT2D eigenvalue weighted by molar-refractivity contribution is 9.10. The van der Waals surface area contributed by atoms with Crippen LogP contribution in [-0.4, -0.2) is 29.6 Å². The van der Waals surface area contributed by atoms with Gasteiger partial charge in [-0.05, 0) is 37.5 Å². The number of nitrogens with one attached hydrogen (secondary N) is 1. The molecule has 0 radical (unpaired) electrons. The van der Waals surface area contributed by atoms with Crippen LogP contribution < -0.4 is 5.32 Å². The summed E-state index contributed by atoms with van der Waals surface area (Å²) < 4.78 is 14.1. The van der Waals surface area contributed by atoms with E-state index in [9.17, 15) is 4.39 Å². The molecule has 4 heteroatoms. The first kappa shape index (κ1) is 14.5.